The van der Waals surface area contributed by atoms with Crippen molar-refractivity contribution in [3.63, 3.8) is 0 Å². The SMILES string of the molecule is CCNC1CCC(N(C)C(=O)c2ccc(CC)o2)CC1. The van der Waals surface area contributed by atoms with Crippen LogP contribution in [-0.2, 0) is 6.42 Å². The lowest BCUT2D eigenvalue weighted by molar-refractivity contribution is 0.0651. The fraction of sp³-hybridized carbons (Fsp3) is 0.688. The minimum atomic E-state index is 0.0107. The third kappa shape index (κ3) is 3.42. The Morgan fingerprint density at radius 1 is 1.30 bits per heavy atom. The summed E-state index contributed by atoms with van der Waals surface area (Å²) in [4.78, 5) is 14.3. The summed E-state index contributed by atoms with van der Waals surface area (Å²) < 4.78 is 5.56. The second kappa shape index (κ2) is 6.93. The van der Waals surface area contributed by atoms with Crippen molar-refractivity contribution in [3.8, 4) is 0 Å². The number of amides is 1. The van der Waals surface area contributed by atoms with Crippen LogP contribution in [0.5, 0.6) is 0 Å². The van der Waals surface area contributed by atoms with Crippen LogP contribution >= 0.6 is 0 Å². The van der Waals surface area contributed by atoms with E-state index < -0.39 is 0 Å². The van der Waals surface area contributed by atoms with Gasteiger partial charge in [0.1, 0.15) is 5.76 Å². The largest absolute Gasteiger partial charge is 0.456 e. The van der Waals surface area contributed by atoms with E-state index in [2.05, 4.69) is 12.2 Å². The molecule has 1 aromatic rings. The van der Waals surface area contributed by atoms with Gasteiger partial charge in [0.25, 0.3) is 5.91 Å². The summed E-state index contributed by atoms with van der Waals surface area (Å²) in [5, 5.41) is 3.49. The molecule has 1 heterocycles. The molecule has 1 aliphatic carbocycles. The smallest absolute Gasteiger partial charge is 0.289 e. The highest BCUT2D eigenvalue weighted by atomic mass is 16.4. The zero-order valence-electron chi connectivity index (χ0n) is 12.8. The Balaban J connectivity index is 1.91. The quantitative estimate of drug-likeness (QED) is 0.901. The Bertz CT molecular complexity index is 433. The van der Waals surface area contributed by atoms with E-state index in [1.165, 1.54) is 0 Å². The summed E-state index contributed by atoms with van der Waals surface area (Å²) in [6.07, 6.45) is 5.26. The van der Waals surface area contributed by atoms with Crippen molar-refractivity contribution >= 4 is 5.91 Å². The van der Waals surface area contributed by atoms with Crippen LogP contribution < -0.4 is 5.32 Å². The lowest BCUT2D eigenvalue weighted by Gasteiger charge is -2.34. The van der Waals surface area contributed by atoms with E-state index in [9.17, 15) is 4.79 Å². The first-order valence-corrected chi connectivity index (χ1v) is 7.75. The fourth-order valence-corrected chi connectivity index (χ4v) is 2.98. The second-order valence-electron chi connectivity index (χ2n) is 5.60. The molecule has 0 radical (unpaired) electrons. The molecule has 0 bridgehead atoms. The van der Waals surface area contributed by atoms with Crippen molar-refractivity contribution in [1.82, 2.24) is 10.2 Å². The van der Waals surface area contributed by atoms with Gasteiger partial charge >= 0.3 is 0 Å². The van der Waals surface area contributed by atoms with Crippen LogP contribution in [0.2, 0.25) is 0 Å². The third-order valence-corrected chi connectivity index (χ3v) is 4.28. The van der Waals surface area contributed by atoms with Gasteiger partial charge in [0, 0.05) is 25.6 Å². The van der Waals surface area contributed by atoms with Crippen LogP contribution in [0.3, 0.4) is 0 Å². The van der Waals surface area contributed by atoms with E-state index in [4.69, 9.17) is 4.42 Å². The fourth-order valence-electron chi connectivity index (χ4n) is 2.98. The molecule has 1 fully saturated rings. The summed E-state index contributed by atoms with van der Waals surface area (Å²) in [5.74, 6) is 1.35. The van der Waals surface area contributed by atoms with Gasteiger partial charge in [-0.05, 0) is 44.4 Å². The average Bonchev–Trinajstić information content (AvgIpc) is 2.96. The van der Waals surface area contributed by atoms with E-state index in [1.54, 1.807) is 6.07 Å². The van der Waals surface area contributed by atoms with Gasteiger partial charge in [0.05, 0.1) is 0 Å². The molecule has 0 spiro atoms. The summed E-state index contributed by atoms with van der Waals surface area (Å²) in [6.45, 7) is 5.19. The summed E-state index contributed by atoms with van der Waals surface area (Å²) in [5.41, 5.74) is 0. The van der Waals surface area contributed by atoms with Crippen LogP contribution in [0.1, 0.15) is 55.8 Å². The molecule has 1 aromatic heterocycles. The number of rotatable bonds is 5. The zero-order valence-corrected chi connectivity index (χ0v) is 12.8. The Kier molecular flexibility index (Phi) is 5.24. The number of carbonyl (C=O) groups is 1. The minimum absolute atomic E-state index is 0.0107. The second-order valence-corrected chi connectivity index (χ2v) is 5.60. The van der Waals surface area contributed by atoms with E-state index in [-0.39, 0.29) is 5.91 Å². The maximum atomic E-state index is 12.4. The van der Waals surface area contributed by atoms with Gasteiger partial charge in [0.2, 0.25) is 0 Å². The lowest BCUT2D eigenvalue weighted by Crippen LogP contribution is -2.43. The molecule has 0 atom stereocenters. The molecule has 1 N–H and O–H groups in total. The molecule has 4 nitrogen and oxygen atoms in total. The van der Waals surface area contributed by atoms with Gasteiger partial charge in [-0.2, -0.15) is 0 Å². The molecule has 20 heavy (non-hydrogen) atoms. The van der Waals surface area contributed by atoms with Crippen molar-refractivity contribution in [3.05, 3.63) is 23.7 Å². The maximum Gasteiger partial charge on any atom is 0.289 e. The van der Waals surface area contributed by atoms with Crippen molar-refractivity contribution in [2.75, 3.05) is 13.6 Å². The summed E-state index contributed by atoms with van der Waals surface area (Å²) in [6, 6.07) is 4.65. The number of nitrogens with zero attached hydrogens (tertiary/aromatic N) is 1. The number of carbonyl (C=O) groups excluding carboxylic acids is 1. The zero-order chi connectivity index (χ0) is 14.5. The standard InChI is InChI=1S/C16H26N2O2/c1-4-14-10-11-15(20-14)16(19)18(3)13-8-6-12(7-9-13)17-5-2/h10-13,17H,4-9H2,1-3H3. The molecule has 1 aliphatic rings. The molecular formula is C16H26N2O2. The van der Waals surface area contributed by atoms with E-state index in [0.717, 1.165) is 44.4 Å². The number of hydrogen-bond donors (Lipinski definition) is 1. The third-order valence-electron chi connectivity index (χ3n) is 4.28. The van der Waals surface area contributed by atoms with Gasteiger partial charge < -0.3 is 14.6 Å². The van der Waals surface area contributed by atoms with Gasteiger partial charge in [0.15, 0.2) is 5.76 Å². The molecule has 4 heteroatoms. The molecule has 1 saturated carbocycles. The molecule has 2 rings (SSSR count). The Morgan fingerprint density at radius 3 is 2.55 bits per heavy atom. The van der Waals surface area contributed by atoms with Crippen LogP contribution in [0.4, 0.5) is 0 Å². The Labute approximate surface area is 121 Å². The molecule has 0 aromatic carbocycles. The van der Waals surface area contributed by atoms with Crippen molar-refractivity contribution in [1.29, 1.82) is 0 Å². The van der Waals surface area contributed by atoms with E-state index in [0.29, 0.717) is 17.8 Å². The predicted molar refractivity (Wildman–Crippen MR) is 79.9 cm³/mol. The first-order chi connectivity index (χ1) is 9.65. The predicted octanol–water partition coefficient (Wildman–Crippen LogP) is 2.83. The number of aryl methyl sites for hydroxylation is 1. The van der Waals surface area contributed by atoms with Crippen LogP contribution in [0.25, 0.3) is 0 Å². The Morgan fingerprint density at radius 2 is 2.00 bits per heavy atom. The molecular weight excluding hydrogens is 252 g/mol. The molecule has 0 unspecified atom stereocenters. The van der Waals surface area contributed by atoms with Crippen molar-refractivity contribution in [2.24, 2.45) is 0 Å². The average molecular weight is 278 g/mol. The lowest BCUT2D eigenvalue weighted by atomic mass is 9.90. The van der Waals surface area contributed by atoms with Crippen molar-refractivity contribution < 1.29 is 9.21 Å². The minimum Gasteiger partial charge on any atom is -0.456 e. The van der Waals surface area contributed by atoms with Crippen LogP contribution in [0.15, 0.2) is 16.5 Å². The molecule has 1 amide bonds. The van der Waals surface area contributed by atoms with Gasteiger partial charge in [-0.1, -0.05) is 13.8 Å². The summed E-state index contributed by atoms with van der Waals surface area (Å²) in [7, 11) is 1.90. The monoisotopic (exact) mass is 278 g/mol. The van der Waals surface area contributed by atoms with E-state index >= 15 is 0 Å². The number of hydrogen-bond acceptors (Lipinski definition) is 3. The topological polar surface area (TPSA) is 45.5 Å². The van der Waals surface area contributed by atoms with Crippen LogP contribution in [-0.4, -0.2) is 36.5 Å². The van der Waals surface area contributed by atoms with E-state index in [1.807, 2.05) is 24.9 Å². The molecule has 0 saturated heterocycles. The molecule has 0 aliphatic heterocycles. The highest BCUT2D eigenvalue weighted by molar-refractivity contribution is 5.91. The van der Waals surface area contributed by atoms with Crippen LogP contribution in [0, 0.1) is 0 Å². The molecule has 112 valence electrons. The normalized spacial score (nSPS) is 22.8. The van der Waals surface area contributed by atoms with Gasteiger partial charge in [-0.15, -0.1) is 0 Å². The van der Waals surface area contributed by atoms with Crippen molar-refractivity contribution in [2.45, 2.75) is 58.0 Å². The first-order valence-electron chi connectivity index (χ1n) is 7.75. The summed E-state index contributed by atoms with van der Waals surface area (Å²) >= 11 is 0. The van der Waals surface area contributed by atoms with Gasteiger partial charge in [-0.25, -0.2) is 0 Å². The Hall–Kier alpha value is -1.29. The number of nitrogens with one attached hydrogen (secondary N) is 1. The highest BCUT2D eigenvalue weighted by Gasteiger charge is 2.27. The van der Waals surface area contributed by atoms with Gasteiger partial charge in [-0.3, -0.25) is 4.79 Å². The first kappa shape index (κ1) is 15.1. The number of furan rings is 1. The highest BCUT2D eigenvalue weighted by Crippen LogP contribution is 2.24. The maximum absolute atomic E-state index is 12.4.